The van der Waals surface area contributed by atoms with Crippen LogP contribution in [0, 0.1) is 5.82 Å². The van der Waals surface area contributed by atoms with Crippen molar-refractivity contribution in [2.24, 2.45) is 5.10 Å². The summed E-state index contributed by atoms with van der Waals surface area (Å²) in [4.78, 5) is 4.44. The van der Waals surface area contributed by atoms with Gasteiger partial charge in [0, 0.05) is 21.0 Å². The van der Waals surface area contributed by atoms with E-state index in [-0.39, 0.29) is 5.82 Å². The van der Waals surface area contributed by atoms with Crippen molar-refractivity contribution in [3.63, 3.8) is 0 Å². The Morgan fingerprint density at radius 1 is 1.18 bits per heavy atom. The van der Waals surface area contributed by atoms with Gasteiger partial charge >= 0.3 is 0 Å². The molecule has 0 radical (unpaired) electrons. The largest absolute Gasteiger partial charge is 0.253 e. The lowest BCUT2D eigenvalue weighted by Gasteiger charge is -1.98. The minimum atomic E-state index is -0.330. The smallest absolute Gasteiger partial charge is 0.203 e. The van der Waals surface area contributed by atoms with Crippen LogP contribution >= 0.6 is 27.3 Å². The summed E-state index contributed by atoms with van der Waals surface area (Å²) in [6.45, 7) is 0. The van der Waals surface area contributed by atoms with Crippen molar-refractivity contribution < 1.29 is 4.39 Å². The molecule has 0 saturated heterocycles. The summed E-state index contributed by atoms with van der Waals surface area (Å²) in [7, 11) is 0. The number of thiazole rings is 1. The van der Waals surface area contributed by atoms with Crippen molar-refractivity contribution in [2.75, 3.05) is 5.43 Å². The molecule has 3 aromatic rings. The average Bonchev–Trinajstić information content (AvgIpc) is 2.99. The summed E-state index contributed by atoms with van der Waals surface area (Å²) in [5, 5.41) is 6.64. The van der Waals surface area contributed by atoms with Crippen LogP contribution in [0.15, 0.2) is 63.5 Å². The highest BCUT2D eigenvalue weighted by atomic mass is 79.9. The van der Waals surface area contributed by atoms with Crippen LogP contribution in [0.1, 0.15) is 5.56 Å². The molecule has 110 valence electrons. The second-order valence-corrected chi connectivity index (χ2v) is 6.21. The highest BCUT2D eigenvalue weighted by molar-refractivity contribution is 9.10. The summed E-state index contributed by atoms with van der Waals surface area (Å²) in [5.41, 5.74) is 5.17. The first kappa shape index (κ1) is 14.9. The number of hydrogen-bond donors (Lipinski definition) is 1. The fourth-order valence-corrected chi connectivity index (χ4v) is 2.83. The van der Waals surface area contributed by atoms with E-state index in [1.165, 1.54) is 23.6 Å². The molecular weight excluding hydrogens is 365 g/mol. The number of nitrogens with one attached hydrogen (secondary N) is 1. The van der Waals surface area contributed by atoms with E-state index in [0.29, 0.717) is 15.2 Å². The van der Waals surface area contributed by atoms with Gasteiger partial charge in [0.2, 0.25) is 5.13 Å². The summed E-state index contributed by atoms with van der Waals surface area (Å²) >= 11 is 4.67. The zero-order chi connectivity index (χ0) is 15.4. The van der Waals surface area contributed by atoms with Crippen molar-refractivity contribution >= 4 is 38.6 Å². The molecule has 3 nitrogen and oxygen atoms in total. The van der Waals surface area contributed by atoms with Gasteiger partial charge in [-0.15, -0.1) is 11.3 Å². The quantitative estimate of drug-likeness (QED) is 0.505. The van der Waals surface area contributed by atoms with Crippen molar-refractivity contribution in [3.8, 4) is 11.3 Å². The molecule has 0 bridgehead atoms. The first-order valence-corrected chi connectivity index (χ1v) is 8.15. The van der Waals surface area contributed by atoms with E-state index in [0.717, 1.165) is 11.3 Å². The predicted octanol–water partition coefficient (Wildman–Crippen LogP) is 5.16. The third-order valence-corrected chi connectivity index (χ3v) is 4.14. The fraction of sp³-hybridized carbons (Fsp3) is 0. The van der Waals surface area contributed by atoms with Gasteiger partial charge in [0.25, 0.3) is 0 Å². The third-order valence-electron chi connectivity index (χ3n) is 2.90. The number of rotatable bonds is 4. The van der Waals surface area contributed by atoms with Gasteiger partial charge in [-0.3, -0.25) is 5.43 Å². The van der Waals surface area contributed by atoms with Gasteiger partial charge in [0.1, 0.15) is 5.82 Å². The van der Waals surface area contributed by atoms with Gasteiger partial charge in [-0.25, -0.2) is 9.37 Å². The van der Waals surface area contributed by atoms with Crippen LogP contribution < -0.4 is 5.43 Å². The molecule has 0 aliphatic heterocycles. The molecule has 1 aromatic heterocycles. The van der Waals surface area contributed by atoms with E-state index in [2.05, 4.69) is 31.4 Å². The Balaban J connectivity index is 1.69. The lowest BCUT2D eigenvalue weighted by Crippen LogP contribution is -1.93. The Labute approximate surface area is 139 Å². The highest BCUT2D eigenvalue weighted by Gasteiger charge is 2.03. The van der Waals surface area contributed by atoms with Gasteiger partial charge in [-0.1, -0.05) is 46.3 Å². The molecule has 6 heteroatoms. The van der Waals surface area contributed by atoms with Crippen LogP contribution in [0.3, 0.4) is 0 Å². The van der Waals surface area contributed by atoms with Crippen LogP contribution in [0.4, 0.5) is 9.52 Å². The molecule has 0 saturated carbocycles. The van der Waals surface area contributed by atoms with Gasteiger partial charge < -0.3 is 0 Å². The van der Waals surface area contributed by atoms with Crippen LogP contribution in [-0.4, -0.2) is 11.2 Å². The maximum atomic E-state index is 13.6. The van der Waals surface area contributed by atoms with Crippen LogP contribution in [0.25, 0.3) is 11.3 Å². The molecule has 0 amide bonds. The van der Waals surface area contributed by atoms with Crippen molar-refractivity contribution in [3.05, 3.63) is 69.8 Å². The second kappa shape index (κ2) is 6.81. The van der Waals surface area contributed by atoms with Crippen LogP contribution in [0.2, 0.25) is 0 Å². The Bertz CT molecular complexity index is 802. The van der Waals surface area contributed by atoms with Gasteiger partial charge in [0.15, 0.2) is 0 Å². The zero-order valence-corrected chi connectivity index (χ0v) is 13.7. The Kier molecular flexibility index (Phi) is 4.60. The van der Waals surface area contributed by atoms with E-state index in [1.807, 2.05) is 35.7 Å². The molecule has 22 heavy (non-hydrogen) atoms. The molecule has 2 aromatic carbocycles. The number of benzene rings is 2. The summed E-state index contributed by atoms with van der Waals surface area (Å²) in [6.07, 6.45) is 1.44. The molecule has 0 aliphatic carbocycles. The molecule has 3 rings (SSSR count). The maximum absolute atomic E-state index is 13.6. The molecular formula is C16H11BrFN3S. The summed E-state index contributed by atoms with van der Waals surface area (Å²) in [5.74, 6) is -0.330. The van der Waals surface area contributed by atoms with E-state index >= 15 is 0 Å². The second-order valence-electron chi connectivity index (χ2n) is 4.44. The van der Waals surface area contributed by atoms with E-state index in [1.54, 1.807) is 12.1 Å². The van der Waals surface area contributed by atoms with Gasteiger partial charge in [-0.2, -0.15) is 5.10 Å². The lowest BCUT2D eigenvalue weighted by atomic mass is 10.2. The topological polar surface area (TPSA) is 37.3 Å². The van der Waals surface area contributed by atoms with Crippen molar-refractivity contribution in [1.29, 1.82) is 0 Å². The minimum Gasteiger partial charge on any atom is -0.253 e. The standard InChI is InChI=1S/C16H11BrFN3S/c17-13-7-6-12(14(18)8-13)9-19-21-16-20-15(10-22-16)11-4-2-1-3-5-11/h1-10H,(H,20,21). The van der Waals surface area contributed by atoms with Gasteiger partial charge in [-0.05, 0) is 18.2 Å². The highest BCUT2D eigenvalue weighted by Crippen LogP contribution is 2.24. The number of nitrogens with zero attached hydrogens (tertiary/aromatic N) is 2. The number of hydrazone groups is 1. The molecule has 0 fully saturated rings. The first-order chi connectivity index (χ1) is 10.7. The monoisotopic (exact) mass is 375 g/mol. The first-order valence-electron chi connectivity index (χ1n) is 6.47. The number of anilines is 1. The SMILES string of the molecule is Fc1cc(Br)ccc1C=NNc1nc(-c2ccccc2)cs1. The molecule has 1 N–H and O–H groups in total. The van der Waals surface area contributed by atoms with Crippen molar-refractivity contribution in [1.82, 2.24) is 4.98 Å². The fourth-order valence-electron chi connectivity index (χ4n) is 1.83. The summed E-state index contributed by atoms with van der Waals surface area (Å²) < 4.78 is 14.3. The van der Waals surface area contributed by atoms with Gasteiger partial charge in [0.05, 0.1) is 11.9 Å². The maximum Gasteiger partial charge on any atom is 0.203 e. The third kappa shape index (κ3) is 3.58. The molecule has 0 unspecified atom stereocenters. The normalized spacial score (nSPS) is 11.0. The van der Waals surface area contributed by atoms with Crippen LogP contribution in [0.5, 0.6) is 0 Å². The van der Waals surface area contributed by atoms with E-state index in [9.17, 15) is 4.39 Å². The molecule has 0 aliphatic rings. The predicted molar refractivity (Wildman–Crippen MR) is 92.9 cm³/mol. The Morgan fingerprint density at radius 3 is 2.77 bits per heavy atom. The lowest BCUT2D eigenvalue weighted by molar-refractivity contribution is 0.625. The summed E-state index contributed by atoms with van der Waals surface area (Å²) in [6, 6.07) is 14.7. The molecule has 0 atom stereocenters. The van der Waals surface area contributed by atoms with E-state index < -0.39 is 0 Å². The molecule has 0 spiro atoms. The van der Waals surface area contributed by atoms with E-state index in [4.69, 9.17) is 0 Å². The molecule has 1 heterocycles. The number of halogens is 2. The Hall–Kier alpha value is -2.05. The van der Waals surface area contributed by atoms with Crippen molar-refractivity contribution in [2.45, 2.75) is 0 Å². The average molecular weight is 376 g/mol. The Morgan fingerprint density at radius 2 is 2.00 bits per heavy atom. The van der Waals surface area contributed by atoms with Crippen LogP contribution in [-0.2, 0) is 0 Å². The zero-order valence-electron chi connectivity index (χ0n) is 11.3. The number of hydrogen-bond acceptors (Lipinski definition) is 4. The number of aromatic nitrogens is 1. The minimum absolute atomic E-state index is 0.330.